The van der Waals surface area contributed by atoms with Gasteiger partial charge in [0.25, 0.3) is 0 Å². The number of hydrogen-bond acceptors (Lipinski definition) is 4. The zero-order valence-electron chi connectivity index (χ0n) is 8.23. The molecule has 0 bridgehead atoms. The van der Waals surface area contributed by atoms with Gasteiger partial charge >= 0.3 is 0 Å². The highest BCUT2D eigenvalue weighted by molar-refractivity contribution is 7.91. The van der Waals surface area contributed by atoms with E-state index in [1.54, 1.807) is 0 Å². The molecule has 1 N–H and O–H groups in total. The first kappa shape index (κ1) is 11.5. The van der Waals surface area contributed by atoms with Crippen LogP contribution in [-0.4, -0.2) is 30.6 Å². The molecule has 0 spiro atoms. The van der Waals surface area contributed by atoms with Gasteiger partial charge in [-0.1, -0.05) is 13.3 Å². The van der Waals surface area contributed by atoms with Gasteiger partial charge in [0.2, 0.25) is 0 Å². The predicted octanol–water partition coefficient (Wildman–Crippen LogP) is 0.476. The molecule has 0 saturated carbocycles. The van der Waals surface area contributed by atoms with Gasteiger partial charge in [-0.25, -0.2) is 8.42 Å². The highest BCUT2D eigenvalue weighted by Gasteiger charge is 2.46. The number of nitrogens with zero attached hydrogens (tertiary/aromatic N) is 1. The van der Waals surface area contributed by atoms with E-state index >= 15 is 0 Å². The van der Waals surface area contributed by atoms with E-state index in [0.717, 1.165) is 6.42 Å². The van der Waals surface area contributed by atoms with Gasteiger partial charge in [-0.3, -0.25) is 0 Å². The summed E-state index contributed by atoms with van der Waals surface area (Å²) in [5.41, 5.74) is -1.30. The Bertz CT molecular complexity index is 344. The Kier molecular flexibility index (Phi) is 3.17. The second-order valence-electron chi connectivity index (χ2n) is 3.92. The van der Waals surface area contributed by atoms with Gasteiger partial charge in [-0.2, -0.15) is 5.26 Å². The zero-order valence-corrected chi connectivity index (χ0v) is 9.05. The van der Waals surface area contributed by atoms with Gasteiger partial charge in [0.15, 0.2) is 9.84 Å². The molecule has 80 valence electrons. The second-order valence-corrected chi connectivity index (χ2v) is 6.10. The Morgan fingerprint density at radius 3 is 2.64 bits per heavy atom. The predicted molar refractivity (Wildman–Crippen MR) is 52.2 cm³/mol. The van der Waals surface area contributed by atoms with Gasteiger partial charge in [0.05, 0.1) is 29.1 Å². The monoisotopic (exact) mass is 217 g/mol. The summed E-state index contributed by atoms with van der Waals surface area (Å²) in [6.07, 6.45) is 1.54. The van der Waals surface area contributed by atoms with Gasteiger partial charge in [-0.05, 0) is 12.8 Å². The second kappa shape index (κ2) is 3.87. The van der Waals surface area contributed by atoms with Crippen LogP contribution in [0, 0.1) is 17.2 Å². The summed E-state index contributed by atoms with van der Waals surface area (Å²) in [7, 11) is -3.13. The summed E-state index contributed by atoms with van der Waals surface area (Å²) >= 11 is 0. The Morgan fingerprint density at radius 1 is 1.64 bits per heavy atom. The largest absolute Gasteiger partial charge is 0.387 e. The molecular formula is C9H15NO3S. The zero-order chi connectivity index (χ0) is 10.8. The van der Waals surface area contributed by atoms with E-state index < -0.39 is 21.4 Å². The molecule has 1 aliphatic heterocycles. The van der Waals surface area contributed by atoms with Crippen molar-refractivity contribution in [1.29, 1.82) is 5.26 Å². The summed E-state index contributed by atoms with van der Waals surface area (Å²) in [5.74, 6) is -0.798. The van der Waals surface area contributed by atoms with Crippen LogP contribution in [0.5, 0.6) is 0 Å². The lowest BCUT2D eigenvalue weighted by atomic mass is 9.85. The summed E-state index contributed by atoms with van der Waals surface area (Å²) in [6.45, 7) is 1.91. The first-order chi connectivity index (χ1) is 6.43. The average Bonchev–Trinajstić information content (AvgIpc) is 2.37. The van der Waals surface area contributed by atoms with Crippen LogP contribution in [0.25, 0.3) is 0 Å². The number of aliphatic hydroxyl groups is 1. The average molecular weight is 217 g/mol. The van der Waals surface area contributed by atoms with Crippen molar-refractivity contribution in [2.75, 3.05) is 11.5 Å². The van der Waals surface area contributed by atoms with Crippen molar-refractivity contribution < 1.29 is 13.5 Å². The lowest BCUT2D eigenvalue weighted by Crippen LogP contribution is -2.38. The fourth-order valence-corrected chi connectivity index (χ4v) is 3.79. The van der Waals surface area contributed by atoms with Crippen LogP contribution in [-0.2, 0) is 9.84 Å². The minimum Gasteiger partial charge on any atom is -0.387 e. The lowest BCUT2D eigenvalue weighted by molar-refractivity contribution is 0.0248. The lowest BCUT2D eigenvalue weighted by Gasteiger charge is -2.25. The SMILES string of the molecule is CCCC(C#N)C1(O)CCS(=O)(=O)C1. The summed E-state index contributed by atoms with van der Waals surface area (Å²) in [6, 6.07) is 2.01. The van der Waals surface area contributed by atoms with E-state index in [9.17, 15) is 13.5 Å². The first-order valence-electron chi connectivity index (χ1n) is 4.76. The molecule has 1 rings (SSSR count). The van der Waals surface area contributed by atoms with Crippen LogP contribution < -0.4 is 0 Å². The molecule has 0 aromatic heterocycles. The van der Waals surface area contributed by atoms with Crippen LogP contribution in [0.1, 0.15) is 26.2 Å². The van der Waals surface area contributed by atoms with E-state index in [1.807, 2.05) is 13.0 Å². The summed E-state index contributed by atoms with van der Waals surface area (Å²) in [4.78, 5) is 0. The molecule has 0 radical (unpaired) electrons. The molecule has 1 heterocycles. The number of rotatable bonds is 3. The molecule has 0 aromatic rings. The van der Waals surface area contributed by atoms with Crippen LogP contribution >= 0.6 is 0 Å². The van der Waals surface area contributed by atoms with Gasteiger partial charge in [0.1, 0.15) is 0 Å². The number of nitriles is 1. The Labute approximate surface area is 84.5 Å². The molecule has 0 amide bonds. The van der Waals surface area contributed by atoms with Crippen LogP contribution in [0.4, 0.5) is 0 Å². The molecule has 0 aromatic carbocycles. The third kappa shape index (κ3) is 2.25. The van der Waals surface area contributed by atoms with Gasteiger partial charge < -0.3 is 5.11 Å². The van der Waals surface area contributed by atoms with E-state index in [2.05, 4.69) is 0 Å². The van der Waals surface area contributed by atoms with Crippen molar-refractivity contribution in [3.8, 4) is 6.07 Å². The summed E-state index contributed by atoms with van der Waals surface area (Å²) < 4.78 is 22.4. The minimum absolute atomic E-state index is 0.00535. The number of sulfone groups is 1. The molecule has 2 unspecified atom stereocenters. The molecule has 4 nitrogen and oxygen atoms in total. The third-order valence-electron chi connectivity index (χ3n) is 2.70. The van der Waals surface area contributed by atoms with Crippen molar-refractivity contribution in [3.05, 3.63) is 0 Å². The Morgan fingerprint density at radius 2 is 2.29 bits per heavy atom. The van der Waals surface area contributed by atoms with Crippen molar-refractivity contribution in [3.63, 3.8) is 0 Å². The van der Waals surface area contributed by atoms with E-state index in [-0.39, 0.29) is 17.9 Å². The fourth-order valence-electron chi connectivity index (χ4n) is 1.87. The highest BCUT2D eigenvalue weighted by Crippen LogP contribution is 2.32. The topological polar surface area (TPSA) is 78.2 Å². The van der Waals surface area contributed by atoms with Crippen molar-refractivity contribution in [1.82, 2.24) is 0 Å². The van der Waals surface area contributed by atoms with Crippen molar-refractivity contribution in [2.45, 2.75) is 31.8 Å². The molecule has 2 atom stereocenters. The third-order valence-corrected chi connectivity index (χ3v) is 4.46. The van der Waals surface area contributed by atoms with Crippen molar-refractivity contribution in [2.24, 2.45) is 5.92 Å². The summed E-state index contributed by atoms with van der Waals surface area (Å²) in [5, 5.41) is 18.9. The standard InChI is InChI=1S/C9H15NO3S/c1-2-3-8(6-10)9(11)4-5-14(12,13)7-9/h8,11H,2-5,7H2,1H3. The maximum Gasteiger partial charge on any atom is 0.153 e. The van der Waals surface area contributed by atoms with Gasteiger partial charge in [0, 0.05) is 0 Å². The first-order valence-corrected chi connectivity index (χ1v) is 6.58. The molecule has 1 fully saturated rings. The maximum absolute atomic E-state index is 11.2. The Hall–Kier alpha value is -0.600. The van der Waals surface area contributed by atoms with Crippen LogP contribution in [0.15, 0.2) is 0 Å². The minimum atomic E-state index is -3.13. The molecule has 1 aliphatic rings. The smallest absolute Gasteiger partial charge is 0.153 e. The van der Waals surface area contributed by atoms with E-state index in [1.165, 1.54) is 0 Å². The van der Waals surface area contributed by atoms with E-state index in [0.29, 0.717) is 6.42 Å². The maximum atomic E-state index is 11.2. The fraction of sp³-hybridized carbons (Fsp3) is 0.889. The normalized spacial score (nSPS) is 32.4. The van der Waals surface area contributed by atoms with Crippen molar-refractivity contribution >= 4 is 9.84 Å². The molecular weight excluding hydrogens is 202 g/mol. The highest BCUT2D eigenvalue weighted by atomic mass is 32.2. The van der Waals surface area contributed by atoms with Crippen LogP contribution in [0.2, 0.25) is 0 Å². The molecule has 14 heavy (non-hydrogen) atoms. The number of hydrogen-bond donors (Lipinski definition) is 1. The quantitative estimate of drug-likeness (QED) is 0.745. The molecule has 0 aliphatic carbocycles. The van der Waals surface area contributed by atoms with Gasteiger partial charge in [-0.15, -0.1) is 0 Å². The Balaban J connectivity index is 2.81. The van der Waals surface area contributed by atoms with Crippen LogP contribution in [0.3, 0.4) is 0 Å². The molecule has 1 saturated heterocycles. The molecule has 5 heteroatoms. The van der Waals surface area contributed by atoms with E-state index in [4.69, 9.17) is 5.26 Å².